The van der Waals surface area contributed by atoms with Crippen LogP contribution in [-0.2, 0) is 9.53 Å². The van der Waals surface area contributed by atoms with Crippen LogP contribution >= 0.6 is 0 Å². The van der Waals surface area contributed by atoms with Gasteiger partial charge in [0.25, 0.3) is 0 Å². The Morgan fingerprint density at radius 3 is 3.04 bits per heavy atom. The molecule has 0 radical (unpaired) electrons. The molecule has 2 saturated heterocycles. The predicted molar refractivity (Wildman–Crippen MR) is 84.0 cm³/mol. The van der Waals surface area contributed by atoms with Crippen LogP contribution in [0.15, 0.2) is 24.3 Å². The van der Waals surface area contributed by atoms with E-state index in [1.165, 1.54) is 6.07 Å². The number of rotatable bonds is 4. The molecule has 2 aliphatic rings. The molecule has 0 unspecified atom stereocenters. The molecule has 0 spiro atoms. The molecule has 0 saturated carbocycles. The summed E-state index contributed by atoms with van der Waals surface area (Å²) in [6.45, 7) is -0.346. The largest absolute Gasteiger partial charge is 0.435 e. The second-order valence-corrected chi connectivity index (χ2v) is 6.11. The van der Waals surface area contributed by atoms with E-state index < -0.39 is 6.61 Å². The maximum Gasteiger partial charge on any atom is 0.387 e. The molecule has 1 aromatic rings. The van der Waals surface area contributed by atoms with Crippen molar-refractivity contribution in [3.63, 3.8) is 0 Å². The van der Waals surface area contributed by atoms with Crippen molar-refractivity contribution >= 4 is 5.91 Å². The summed E-state index contributed by atoms with van der Waals surface area (Å²) in [6, 6.07) is 6.44. The zero-order valence-electron chi connectivity index (χ0n) is 13.4. The van der Waals surface area contributed by atoms with Gasteiger partial charge >= 0.3 is 6.61 Å². The van der Waals surface area contributed by atoms with Crippen LogP contribution < -0.4 is 10.1 Å². The van der Waals surface area contributed by atoms with Crippen LogP contribution in [0, 0.1) is 0 Å². The van der Waals surface area contributed by atoms with Crippen molar-refractivity contribution in [1.29, 1.82) is 0 Å². The minimum Gasteiger partial charge on any atom is -0.435 e. The van der Waals surface area contributed by atoms with Gasteiger partial charge in [0.05, 0.1) is 18.8 Å². The van der Waals surface area contributed by atoms with Gasteiger partial charge < -0.3 is 14.8 Å². The molecule has 5 nitrogen and oxygen atoms in total. The monoisotopic (exact) mass is 340 g/mol. The molecule has 2 fully saturated rings. The van der Waals surface area contributed by atoms with E-state index in [0.29, 0.717) is 19.7 Å². The summed E-state index contributed by atoms with van der Waals surface area (Å²) in [4.78, 5) is 14.4. The topological polar surface area (TPSA) is 50.8 Å². The molecule has 2 heterocycles. The predicted octanol–water partition coefficient (Wildman–Crippen LogP) is 2.33. The Morgan fingerprint density at radius 1 is 1.33 bits per heavy atom. The third kappa shape index (κ3) is 4.21. The van der Waals surface area contributed by atoms with Crippen LogP contribution in [0.4, 0.5) is 8.78 Å². The highest BCUT2D eigenvalue weighted by atomic mass is 19.3. The second-order valence-electron chi connectivity index (χ2n) is 6.11. The van der Waals surface area contributed by atoms with Crippen LogP contribution in [0.1, 0.15) is 30.9 Å². The van der Waals surface area contributed by atoms with E-state index in [4.69, 9.17) is 4.74 Å². The number of nitrogens with zero attached hydrogens (tertiary/aromatic N) is 1. The Hall–Kier alpha value is -1.73. The van der Waals surface area contributed by atoms with Gasteiger partial charge in [0, 0.05) is 19.6 Å². The zero-order valence-corrected chi connectivity index (χ0v) is 13.4. The number of morpholine rings is 1. The smallest absolute Gasteiger partial charge is 0.387 e. The SMILES string of the molecule is O=C1NCCCC[C@@H]1N1CCO[C@H](c2cccc(OC(F)F)c2)C1. The quantitative estimate of drug-likeness (QED) is 0.914. The third-order valence-corrected chi connectivity index (χ3v) is 4.50. The highest BCUT2D eigenvalue weighted by Gasteiger charge is 2.32. The first kappa shape index (κ1) is 17.1. The van der Waals surface area contributed by atoms with Crippen LogP contribution in [0.5, 0.6) is 5.75 Å². The number of benzene rings is 1. The average molecular weight is 340 g/mol. The van der Waals surface area contributed by atoms with Gasteiger partial charge in [-0.3, -0.25) is 9.69 Å². The first-order chi connectivity index (χ1) is 11.6. The summed E-state index contributed by atoms with van der Waals surface area (Å²) in [6.07, 6.45) is 2.61. The molecule has 0 aromatic heterocycles. The van der Waals surface area contributed by atoms with Gasteiger partial charge in [0.1, 0.15) is 5.75 Å². The number of amides is 1. The van der Waals surface area contributed by atoms with E-state index in [2.05, 4.69) is 15.0 Å². The summed E-state index contributed by atoms with van der Waals surface area (Å²) < 4.78 is 35.0. The number of halogens is 2. The van der Waals surface area contributed by atoms with Crippen molar-refractivity contribution in [1.82, 2.24) is 10.2 Å². The van der Waals surface area contributed by atoms with Crippen molar-refractivity contribution in [3.05, 3.63) is 29.8 Å². The van der Waals surface area contributed by atoms with E-state index in [1.807, 2.05) is 6.07 Å². The fourth-order valence-corrected chi connectivity index (χ4v) is 3.32. The Morgan fingerprint density at radius 2 is 2.21 bits per heavy atom. The summed E-state index contributed by atoms with van der Waals surface area (Å²) in [5.74, 6) is 0.193. The van der Waals surface area contributed by atoms with E-state index in [-0.39, 0.29) is 23.8 Å². The summed E-state index contributed by atoms with van der Waals surface area (Å²) in [5.41, 5.74) is 0.784. The number of alkyl halides is 2. The van der Waals surface area contributed by atoms with Crippen LogP contribution in [-0.4, -0.2) is 49.7 Å². The molecule has 1 N–H and O–H groups in total. The van der Waals surface area contributed by atoms with Crippen molar-refractivity contribution < 1.29 is 23.0 Å². The molecule has 0 bridgehead atoms. The lowest BCUT2D eigenvalue weighted by molar-refractivity contribution is -0.129. The lowest BCUT2D eigenvalue weighted by atomic mass is 10.0. The first-order valence-electron chi connectivity index (χ1n) is 8.31. The van der Waals surface area contributed by atoms with Crippen LogP contribution in [0.2, 0.25) is 0 Å². The van der Waals surface area contributed by atoms with Gasteiger partial charge in [0.15, 0.2) is 0 Å². The van der Waals surface area contributed by atoms with Crippen molar-refractivity contribution in [3.8, 4) is 5.75 Å². The Balaban J connectivity index is 1.70. The molecule has 3 rings (SSSR count). The van der Waals surface area contributed by atoms with E-state index in [1.54, 1.807) is 12.1 Å². The summed E-state index contributed by atoms with van der Waals surface area (Å²) >= 11 is 0. The number of hydrogen-bond acceptors (Lipinski definition) is 4. The Kier molecular flexibility index (Phi) is 5.63. The normalized spacial score (nSPS) is 26.0. The lowest BCUT2D eigenvalue weighted by Crippen LogP contribution is -2.51. The molecular formula is C17H22F2N2O3. The lowest BCUT2D eigenvalue weighted by Gasteiger charge is -2.37. The standard InChI is InChI=1S/C17H22F2N2O3/c18-17(19)24-13-5-3-4-12(10-13)15-11-21(8-9-23-15)14-6-1-2-7-20-16(14)22/h3-5,10,14-15,17H,1-2,6-9,11H2,(H,20,22)/t14-,15-/m0/s1. The highest BCUT2D eigenvalue weighted by Crippen LogP contribution is 2.28. The van der Waals surface area contributed by atoms with Crippen LogP contribution in [0.25, 0.3) is 0 Å². The number of carbonyl (C=O) groups is 1. The number of ether oxygens (including phenoxy) is 2. The average Bonchev–Trinajstić information content (AvgIpc) is 2.79. The van der Waals surface area contributed by atoms with Gasteiger partial charge in [-0.15, -0.1) is 0 Å². The minimum atomic E-state index is -2.85. The zero-order chi connectivity index (χ0) is 16.9. The van der Waals surface area contributed by atoms with E-state index >= 15 is 0 Å². The molecule has 1 aromatic carbocycles. The van der Waals surface area contributed by atoms with Crippen molar-refractivity contribution in [2.75, 3.05) is 26.2 Å². The second kappa shape index (κ2) is 7.90. The van der Waals surface area contributed by atoms with Gasteiger partial charge in [-0.1, -0.05) is 12.1 Å². The maximum atomic E-state index is 12.4. The molecule has 2 aliphatic heterocycles. The van der Waals surface area contributed by atoms with Gasteiger partial charge in [-0.05, 0) is 37.0 Å². The Labute approximate surface area is 139 Å². The fraction of sp³-hybridized carbons (Fsp3) is 0.588. The number of nitrogens with one attached hydrogen (secondary N) is 1. The van der Waals surface area contributed by atoms with Crippen molar-refractivity contribution in [2.45, 2.75) is 38.0 Å². The van der Waals surface area contributed by atoms with Gasteiger partial charge in [-0.25, -0.2) is 0 Å². The van der Waals surface area contributed by atoms with Gasteiger partial charge in [-0.2, -0.15) is 8.78 Å². The van der Waals surface area contributed by atoms with E-state index in [9.17, 15) is 13.6 Å². The molecule has 24 heavy (non-hydrogen) atoms. The molecule has 132 valence electrons. The molecule has 0 aliphatic carbocycles. The maximum absolute atomic E-state index is 12.4. The summed E-state index contributed by atoms with van der Waals surface area (Å²) in [5, 5.41) is 2.95. The number of hydrogen-bond donors (Lipinski definition) is 1. The number of carbonyl (C=O) groups excluding carboxylic acids is 1. The highest BCUT2D eigenvalue weighted by molar-refractivity contribution is 5.81. The molecular weight excluding hydrogens is 318 g/mol. The summed E-state index contributed by atoms with van der Waals surface area (Å²) in [7, 11) is 0. The first-order valence-corrected chi connectivity index (χ1v) is 8.31. The molecule has 2 atom stereocenters. The Bertz CT molecular complexity index is 571. The van der Waals surface area contributed by atoms with E-state index in [0.717, 1.165) is 31.4 Å². The van der Waals surface area contributed by atoms with Crippen molar-refractivity contribution in [2.24, 2.45) is 0 Å². The molecule has 1 amide bonds. The van der Waals surface area contributed by atoms with Crippen LogP contribution in [0.3, 0.4) is 0 Å². The molecule has 7 heteroatoms. The fourth-order valence-electron chi connectivity index (χ4n) is 3.32. The third-order valence-electron chi connectivity index (χ3n) is 4.50. The minimum absolute atomic E-state index is 0.0722. The van der Waals surface area contributed by atoms with Gasteiger partial charge in [0.2, 0.25) is 5.91 Å².